The number of halogens is 1. The number of likely N-dealkylation sites (N-methyl/N-ethyl adjacent to an activating group) is 1. The molecule has 1 fully saturated rings. The van der Waals surface area contributed by atoms with Gasteiger partial charge in [0.1, 0.15) is 11.0 Å². The zero-order valence-electron chi connectivity index (χ0n) is 11.1. The summed E-state index contributed by atoms with van der Waals surface area (Å²) in [5.41, 5.74) is 1.61. The second-order valence-corrected chi connectivity index (χ2v) is 5.50. The van der Waals surface area contributed by atoms with Gasteiger partial charge >= 0.3 is 0 Å². The minimum atomic E-state index is 0.349. The van der Waals surface area contributed by atoms with Crippen molar-refractivity contribution >= 4 is 28.5 Å². The molecule has 2 aromatic heterocycles. The van der Waals surface area contributed by atoms with Gasteiger partial charge in [0.25, 0.3) is 0 Å². The van der Waals surface area contributed by atoms with E-state index in [1.165, 1.54) is 6.42 Å². The van der Waals surface area contributed by atoms with Crippen molar-refractivity contribution < 1.29 is 0 Å². The zero-order chi connectivity index (χ0) is 13.4. The minimum absolute atomic E-state index is 0.349. The van der Waals surface area contributed by atoms with E-state index in [4.69, 9.17) is 11.6 Å². The lowest BCUT2D eigenvalue weighted by molar-refractivity contribution is 0.261. The van der Waals surface area contributed by atoms with E-state index < -0.39 is 0 Å². The van der Waals surface area contributed by atoms with Crippen LogP contribution in [0.5, 0.6) is 0 Å². The summed E-state index contributed by atoms with van der Waals surface area (Å²) in [6.07, 6.45) is 4.08. The molecule has 3 rings (SSSR count). The van der Waals surface area contributed by atoms with E-state index in [9.17, 15) is 0 Å². The van der Waals surface area contributed by atoms with E-state index in [-0.39, 0.29) is 0 Å². The van der Waals surface area contributed by atoms with Gasteiger partial charge in [-0.3, -0.25) is 0 Å². The van der Waals surface area contributed by atoms with Crippen molar-refractivity contribution in [3.05, 3.63) is 11.5 Å². The predicted octanol–water partition coefficient (Wildman–Crippen LogP) is 1.52. The number of aryl methyl sites for hydroxylation is 1. The summed E-state index contributed by atoms with van der Waals surface area (Å²) in [6, 6.07) is 0.396. The van der Waals surface area contributed by atoms with Gasteiger partial charge in [0.15, 0.2) is 11.0 Å². The highest BCUT2D eigenvalue weighted by molar-refractivity contribution is 6.33. The molecule has 6 nitrogen and oxygen atoms in total. The van der Waals surface area contributed by atoms with Crippen LogP contribution in [0.2, 0.25) is 5.15 Å². The number of piperidine rings is 1. The molecule has 0 amide bonds. The number of imidazole rings is 1. The summed E-state index contributed by atoms with van der Waals surface area (Å²) in [6.45, 7) is 2.18. The molecule has 3 heterocycles. The number of likely N-dealkylation sites (tertiary alicyclic amines) is 1. The van der Waals surface area contributed by atoms with Crippen LogP contribution < -0.4 is 5.32 Å². The van der Waals surface area contributed by atoms with Crippen LogP contribution in [0.1, 0.15) is 12.8 Å². The van der Waals surface area contributed by atoms with Gasteiger partial charge in [-0.25, -0.2) is 4.98 Å². The van der Waals surface area contributed by atoms with Crippen LogP contribution >= 0.6 is 11.6 Å². The molecule has 1 N–H and O–H groups in total. The second-order valence-electron chi connectivity index (χ2n) is 5.14. The van der Waals surface area contributed by atoms with E-state index in [1.54, 1.807) is 6.33 Å². The van der Waals surface area contributed by atoms with Crippen LogP contribution in [-0.4, -0.2) is 50.8 Å². The number of fused-ring (bicyclic) bond motifs is 1. The molecule has 0 aromatic carbocycles. The largest absolute Gasteiger partial charge is 0.363 e. The number of nitrogens with zero attached hydrogens (tertiary/aromatic N) is 5. The van der Waals surface area contributed by atoms with Gasteiger partial charge in [-0.1, -0.05) is 11.6 Å². The van der Waals surface area contributed by atoms with Gasteiger partial charge in [-0.05, 0) is 26.4 Å². The molecular formula is C12H17ClN6. The van der Waals surface area contributed by atoms with Crippen LogP contribution in [0, 0.1) is 0 Å². The summed E-state index contributed by atoms with van der Waals surface area (Å²) < 4.78 is 1.92. The summed E-state index contributed by atoms with van der Waals surface area (Å²) >= 11 is 6.02. The molecule has 0 unspecified atom stereocenters. The average Bonchev–Trinajstić information content (AvgIpc) is 2.77. The van der Waals surface area contributed by atoms with Crippen molar-refractivity contribution in [2.75, 3.05) is 25.5 Å². The van der Waals surface area contributed by atoms with Crippen LogP contribution in [0.15, 0.2) is 6.33 Å². The van der Waals surface area contributed by atoms with Gasteiger partial charge in [0.05, 0.1) is 6.33 Å². The van der Waals surface area contributed by atoms with Crippen molar-refractivity contribution in [2.45, 2.75) is 18.9 Å². The molecule has 0 spiro atoms. The summed E-state index contributed by atoms with van der Waals surface area (Å²) in [7, 11) is 4.08. The topological polar surface area (TPSA) is 58.9 Å². The quantitative estimate of drug-likeness (QED) is 0.904. The van der Waals surface area contributed by atoms with Crippen molar-refractivity contribution in [1.29, 1.82) is 0 Å². The number of hydrogen-bond acceptors (Lipinski definition) is 5. The average molecular weight is 281 g/mol. The smallest absolute Gasteiger partial charge is 0.179 e. The molecule has 1 saturated heterocycles. The Morgan fingerprint density at radius 3 is 3.00 bits per heavy atom. The Labute approximate surface area is 116 Å². The van der Waals surface area contributed by atoms with E-state index in [1.807, 2.05) is 11.6 Å². The summed E-state index contributed by atoms with van der Waals surface area (Å²) in [5, 5.41) is 12.0. The maximum atomic E-state index is 6.02. The highest BCUT2D eigenvalue weighted by atomic mass is 35.5. The second kappa shape index (κ2) is 4.94. The lowest BCUT2D eigenvalue weighted by atomic mass is 10.1. The van der Waals surface area contributed by atoms with Gasteiger partial charge in [0, 0.05) is 19.6 Å². The van der Waals surface area contributed by atoms with Gasteiger partial charge < -0.3 is 14.8 Å². The molecule has 1 atom stereocenters. The minimum Gasteiger partial charge on any atom is -0.363 e. The molecule has 1 aliphatic heterocycles. The van der Waals surface area contributed by atoms with Gasteiger partial charge in [-0.2, -0.15) is 0 Å². The summed E-state index contributed by atoms with van der Waals surface area (Å²) in [5.74, 6) is 0.764. The first-order valence-corrected chi connectivity index (χ1v) is 6.81. The zero-order valence-corrected chi connectivity index (χ0v) is 11.9. The maximum absolute atomic E-state index is 6.02. The van der Waals surface area contributed by atoms with Crippen LogP contribution in [0.25, 0.3) is 11.0 Å². The lowest BCUT2D eigenvalue weighted by Crippen LogP contribution is -2.40. The third-order valence-electron chi connectivity index (χ3n) is 3.56. The Morgan fingerprint density at radius 2 is 2.21 bits per heavy atom. The van der Waals surface area contributed by atoms with Gasteiger partial charge in [0.2, 0.25) is 0 Å². The van der Waals surface area contributed by atoms with Crippen molar-refractivity contribution in [3.63, 3.8) is 0 Å². The van der Waals surface area contributed by atoms with Crippen molar-refractivity contribution in [2.24, 2.45) is 7.05 Å². The fourth-order valence-electron chi connectivity index (χ4n) is 2.62. The molecular weight excluding hydrogens is 264 g/mol. The first-order chi connectivity index (χ1) is 9.15. The Bertz CT molecular complexity index is 595. The van der Waals surface area contributed by atoms with E-state index in [2.05, 4.69) is 32.4 Å². The monoisotopic (exact) mass is 280 g/mol. The van der Waals surface area contributed by atoms with E-state index in [0.29, 0.717) is 16.7 Å². The Balaban J connectivity index is 1.92. The number of rotatable bonds is 2. The van der Waals surface area contributed by atoms with Crippen LogP contribution in [0.4, 0.5) is 5.82 Å². The molecule has 2 aromatic rings. The highest BCUT2D eigenvalue weighted by Gasteiger charge is 2.20. The fraction of sp³-hybridized carbons (Fsp3) is 0.583. The Kier molecular flexibility index (Phi) is 3.28. The Hall–Kier alpha value is -1.40. The molecule has 102 valence electrons. The molecule has 1 aliphatic rings. The van der Waals surface area contributed by atoms with Crippen LogP contribution in [0.3, 0.4) is 0 Å². The standard InChI is InChI=1S/C12H17ClN6/c1-18-5-3-4-8(6-18)15-12-10-9(11(13)16-17-12)14-7-19(10)2/h7-8H,3-6H2,1-2H3,(H,15,17)/t8-/m1/s1. The molecule has 0 bridgehead atoms. The van der Waals surface area contributed by atoms with Gasteiger partial charge in [-0.15, -0.1) is 10.2 Å². The van der Waals surface area contributed by atoms with Crippen molar-refractivity contribution in [1.82, 2.24) is 24.6 Å². The third-order valence-corrected chi connectivity index (χ3v) is 3.81. The van der Waals surface area contributed by atoms with Crippen molar-refractivity contribution in [3.8, 4) is 0 Å². The number of aromatic nitrogens is 4. The maximum Gasteiger partial charge on any atom is 0.179 e. The number of nitrogens with one attached hydrogen (secondary N) is 1. The number of anilines is 1. The lowest BCUT2D eigenvalue weighted by Gasteiger charge is -2.30. The third kappa shape index (κ3) is 2.37. The predicted molar refractivity (Wildman–Crippen MR) is 75.5 cm³/mol. The van der Waals surface area contributed by atoms with E-state index in [0.717, 1.165) is 30.8 Å². The molecule has 0 radical (unpaired) electrons. The van der Waals surface area contributed by atoms with E-state index >= 15 is 0 Å². The fourth-order valence-corrected chi connectivity index (χ4v) is 2.80. The Morgan fingerprint density at radius 1 is 1.37 bits per heavy atom. The SMILES string of the molecule is CN1CCC[C@@H](Nc2nnc(Cl)c3ncn(C)c23)C1. The first kappa shape index (κ1) is 12.6. The molecule has 0 aliphatic carbocycles. The summed E-state index contributed by atoms with van der Waals surface area (Å²) in [4.78, 5) is 6.59. The van der Waals surface area contributed by atoms with Crippen LogP contribution in [-0.2, 0) is 7.05 Å². The molecule has 0 saturated carbocycles. The first-order valence-electron chi connectivity index (χ1n) is 6.43. The molecule has 19 heavy (non-hydrogen) atoms. The highest BCUT2D eigenvalue weighted by Crippen LogP contribution is 2.25. The normalized spacial score (nSPS) is 20.9. The molecule has 7 heteroatoms. The number of hydrogen-bond donors (Lipinski definition) is 1.